The van der Waals surface area contributed by atoms with Crippen LogP contribution >= 0.6 is 11.6 Å². The highest BCUT2D eigenvalue weighted by Gasteiger charge is 2.14. The average molecular weight is 231 g/mol. The van der Waals surface area contributed by atoms with Crippen molar-refractivity contribution in [2.24, 2.45) is 0 Å². The van der Waals surface area contributed by atoms with E-state index in [9.17, 15) is 4.39 Å². The van der Waals surface area contributed by atoms with Crippen molar-refractivity contribution in [3.05, 3.63) is 29.0 Å². The maximum Gasteiger partial charge on any atom is 0.146 e. The first-order chi connectivity index (χ1) is 6.94. The van der Waals surface area contributed by atoms with E-state index in [1.165, 1.54) is 12.1 Å². The van der Waals surface area contributed by atoms with Crippen molar-refractivity contribution in [1.29, 1.82) is 0 Å². The summed E-state index contributed by atoms with van der Waals surface area (Å²) >= 11 is 5.78. The van der Waals surface area contributed by atoms with Crippen LogP contribution in [0.2, 0.25) is 5.02 Å². The first-order valence-electron chi connectivity index (χ1n) is 4.82. The molecule has 1 aromatic carbocycles. The van der Waals surface area contributed by atoms with Gasteiger partial charge in [-0.15, -0.1) is 0 Å². The van der Waals surface area contributed by atoms with Gasteiger partial charge < -0.3 is 10.6 Å². The molecule has 0 saturated heterocycles. The van der Waals surface area contributed by atoms with Crippen LogP contribution in [0.3, 0.4) is 0 Å². The minimum absolute atomic E-state index is 0.0885. The molecule has 15 heavy (non-hydrogen) atoms. The summed E-state index contributed by atoms with van der Waals surface area (Å²) < 4.78 is 13.3. The smallest absolute Gasteiger partial charge is 0.146 e. The molecule has 0 spiro atoms. The van der Waals surface area contributed by atoms with Gasteiger partial charge in [-0.2, -0.15) is 0 Å². The first-order valence-corrected chi connectivity index (χ1v) is 5.20. The van der Waals surface area contributed by atoms with Crippen molar-refractivity contribution in [3.63, 3.8) is 0 Å². The molecular formula is C11H16ClFN2. The minimum atomic E-state index is -0.286. The molecule has 2 nitrogen and oxygen atoms in total. The molecule has 1 rings (SSSR count). The van der Waals surface area contributed by atoms with Crippen molar-refractivity contribution >= 4 is 17.3 Å². The predicted octanol–water partition coefficient (Wildman–Crippen LogP) is 2.89. The van der Waals surface area contributed by atoms with Crippen LogP contribution in [-0.4, -0.2) is 19.1 Å². The monoisotopic (exact) mass is 230 g/mol. The summed E-state index contributed by atoms with van der Waals surface area (Å²) in [6.07, 6.45) is 0. The van der Waals surface area contributed by atoms with E-state index in [-0.39, 0.29) is 11.4 Å². The fourth-order valence-electron chi connectivity index (χ4n) is 1.04. The molecule has 0 fully saturated rings. The lowest BCUT2D eigenvalue weighted by atomic mass is 10.1. The van der Waals surface area contributed by atoms with Gasteiger partial charge in [0.05, 0.1) is 5.69 Å². The molecular weight excluding hydrogens is 215 g/mol. The number of hydrogen-bond donors (Lipinski definition) is 2. The summed E-state index contributed by atoms with van der Waals surface area (Å²) in [7, 11) is 1.87. The second-order valence-electron chi connectivity index (χ2n) is 4.11. The Kier molecular flexibility index (Phi) is 3.94. The topological polar surface area (TPSA) is 24.1 Å². The number of likely N-dealkylation sites (N-methyl/N-ethyl adjacent to an activating group) is 1. The maximum atomic E-state index is 13.3. The molecule has 2 N–H and O–H groups in total. The third-order valence-electron chi connectivity index (χ3n) is 2.33. The zero-order valence-electron chi connectivity index (χ0n) is 9.20. The van der Waals surface area contributed by atoms with Crippen LogP contribution in [0.4, 0.5) is 10.1 Å². The lowest BCUT2D eigenvalue weighted by Gasteiger charge is -2.25. The van der Waals surface area contributed by atoms with Crippen molar-refractivity contribution in [1.82, 2.24) is 5.32 Å². The number of halogens is 2. The highest BCUT2D eigenvalue weighted by molar-refractivity contribution is 6.30. The molecule has 0 bridgehead atoms. The van der Waals surface area contributed by atoms with Gasteiger partial charge in [-0.3, -0.25) is 0 Å². The van der Waals surface area contributed by atoms with Gasteiger partial charge in [0.25, 0.3) is 0 Å². The summed E-state index contributed by atoms with van der Waals surface area (Å²) in [5.74, 6) is -0.286. The number of anilines is 1. The Bertz CT molecular complexity index is 339. The van der Waals surface area contributed by atoms with E-state index in [2.05, 4.69) is 10.6 Å². The average Bonchev–Trinajstić information content (AvgIpc) is 2.20. The Labute approximate surface area is 94.8 Å². The third kappa shape index (κ3) is 3.68. The second-order valence-corrected chi connectivity index (χ2v) is 4.55. The molecule has 0 unspecified atom stereocenters. The van der Waals surface area contributed by atoms with Crippen LogP contribution in [0.25, 0.3) is 0 Å². The Morgan fingerprint density at radius 1 is 1.40 bits per heavy atom. The summed E-state index contributed by atoms with van der Waals surface area (Å²) in [6, 6.07) is 4.48. The van der Waals surface area contributed by atoms with Crippen molar-refractivity contribution in [3.8, 4) is 0 Å². The molecule has 0 saturated carbocycles. The fraction of sp³-hybridized carbons (Fsp3) is 0.455. The lowest BCUT2D eigenvalue weighted by Crippen LogP contribution is -2.42. The van der Waals surface area contributed by atoms with Gasteiger partial charge in [0, 0.05) is 17.1 Å². The van der Waals surface area contributed by atoms with Crippen LogP contribution in [0.15, 0.2) is 18.2 Å². The van der Waals surface area contributed by atoms with E-state index in [1.54, 1.807) is 6.07 Å². The molecule has 0 atom stereocenters. The molecule has 84 valence electrons. The van der Waals surface area contributed by atoms with Gasteiger partial charge in [0.2, 0.25) is 0 Å². The van der Waals surface area contributed by atoms with E-state index in [0.717, 1.165) is 0 Å². The second kappa shape index (κ2) is 4.81. The summed E-state index contributed by atoms with van der Waals surface area (Å²) in [6.45, 7) is 4.69. The fourth-order valence-corrected chi connectivity index (χ4v) is 1.21. The molecule has 0 aliphatic heterocycles. The van der Waals surface area contributed by atoms with Gasteiger partial charge in [0.1, 0.15) is 5.82 Å². The van der Waals surface area contributed by atoms with Crippen LogP contribution in [0.5, 0.6) is 0 Å². The van der Waals surface area contributed by atoms with E-state index >= 15 is 0 Å². The van der Waals surface area contributed by atoms with Crippen LogP contribution in [-0.2, 0) is 0 Å². The number of hydrogen-bond acceptors (Lipinski definition) is 2. The van der Waals surface area contributed by atoms with Crippen molar-refractivity contribution in [2.75, 3.05) is 18.9 Å². The number of rotatable bonds is 4. The standard InChI is InChI=1S/C11H16ClFN2/c1-11(2,14-3)7-15-10-6-8(12)4-5-9(10)13/h4-6,14-15H,7H2,1-3H3. The van der Waals surface area contributed by atoms with Gasteiger partial charge in [-0.1, -0.05) is 11.6 Å². The zero-order chi connectivity index (χ0) is 11.5. The molecule has 0 amide bonds. The zero-order valence-corrected chi connectivity index (χ0v) is 9.95. The van der Waals surface area contributed by atoms with Crippen LogP contribution in [0.1, 0.15) is 13.8 Å². The highest BCUT2D eigenvalue weighted by Crippen LogP contribution is 2.20. The van der Waals surface area contributed by atoms with Gasteiger partial charge in [-0.05, 0) is 39.1 Å². The van der Waals surface area contributed by atoms with Crippen LogP contribution in [0, 0.1) is 5.82 Å². The molecule has 4 heteroatoms. The van der Waals surface area contributed by atoms with Gasteiger partial charge in [0.15, 0.2) is 0 Å². The Balaban J connectivity index is 2.69. The normalized spacial score (nSPS) is 11.5. The largest absolute Gasteiger partial charge is 0.381 e. The third-order valence-corrected chi connectivity index (χ3v) is 2.56. The summed E-state index contributed by atoms with van der Waals surface area (Å²) in [4.78, 5) is 0. The van der Waals surface area contributed by atoms with Crippen molar-refractivity contribution in [2.45, 2.75) is 19.4 Å². The molecule has 0 aromatic heterocycles. The van der Waals surface area contributed by atoms with E-state index in [1.807, 2.05) is 20.9 Å². The van der Waals surface area contributed by atoms with Gasteiger partial charge >= 0.3 is 0 Å². The van der Waals surface area contributed by atoms with E-state index in [0.29, 0.717) is 17.3 Å². The minimum Gasteiger partial charge on any atom is -0.381 e. The molecule has 0 aliphatic rings. The maximum absolute atomic E-state index is 13.3. The van der Waals surface area contributed by atoms with Crippen LogP contribution < -0.4 is 10.6 Å². The predicted molar refractivity (Wildman–Crippen MR) is 63.0 cm³/mol. The van der Waals surface area contributed by atoms with E-state index < -0.39 is 0 Å². The molecule has 0 aliphatic carbocycles. The molecule has 0 radical (unpaired) electrons. The first kappa shape index (κ1) is 12.3. The molecule has 1 aromatic rings. The summed E-state index contributed by atoms with van der Waals surface area (Å²) in [5.41, 5.74) is 0.347. The lowest BCUT2D eigenvalue weighted by molar-refractivity contribution is 0.447. The van der Waals surface area contributed by atoms with Crippen molar-refractivity contribution < 1.29 is 4.39 Å². The molecule has 0 heterocycles. The Morgan fingerprint density at radius 2 is 2.07 bits per heavy atom. The summed E-state index contributed by atoms with van der Waals surface area (Å²) in [5, 5.41) is 6.68. The van der Waals surface area contributed by atoms with Gasteiger partial charge in [-0.25, -0.2) is 4.39 Å². The highest BCUT2D eigenvalue weighted by atomic mass is 35.5. The Morgan fingerprint density at radius 3 is 2.67 bits per heavy atom. The SMILES string of the molecule is CNC(C)(C)CNc1cc(Cl)ccc1F. The number of nitrogens with one attached hydrogen (secondary N) is 2. The quantitative estimate of drug-likeness (QED) is 0.831. The number of benzene rings is 1. The van der Waals surface area contributed by atoms with E-state index in [4.69, 9.17) is 11.6 Å². The Hall–Kier alpha value is -0.800.